The van der Waals surface area contributed by atoms with E-state index < -0.39 is 5.66 Å². The van der Waals surface area contributed by atoms with E-state index in [1.165, 1.54) is 5.56 Å². The van der Waals surface area contributed by atoms with Gasteiger partial charge < -0.3 is 11.5 Å². The van der Waals surface area contributed by atoms with E-state index in [0.29, 0.717) is 0 Å². The Kier molecular flexibility index (Phi) is 3.05. The molecule has 1 heterocycles. The molecule has 0 aromatic heterocycles. The van der Waals surface area contributed by atoms with Gasteiger partial charge in [0.2, 0.25) is 0 Å². The average molecular weight is 205 g/mol. The Morgan fingerprint density at radius 1 is 1.33 bits per heavy atom. The summed E-state index contributed by atoms with van der Waals surface area (Å²) in [6.07, 6.45) is 2.93. The molecule has 0 aliphatic carbocycles. The monoisotopic (exact) mass is 205 g/mol. The molecule has 1 aliphatic heterocycles. The van der Waals surface area contributed by atoms with Gasteiger partial charge in [-0.2, -0.15) is 0 Å². The first-order valence-corrected chi connectivity index (χ1v) is 5.54. The van der Waals surface area contributed by atoms with Gasteiger partial charge in [-0.15, -0.1) is 0 Å². The van der Waals surface area contributed by atoms with Crippen molar-refractivity contribution in [3.8, 4) is 0 Å². The highest BCUT2D eigenvalue weighted by Crippen LogP contribution is 2.18. The predicted octanol–water partition coefficient (Wildman–Crippen LogP) is 0.595. The van der Waals surface area contributed by atoms with Crippen LogP contribution >= 0.6 is 0 Å². The molecule has 1 aromatic rings. The highest BCUT2D eigenvalue weighted by atomic mass is 15.1. The van der Waals surface area contributed by atoms with E-state index in [-0.39, 0.29) is 6.04 Å². The smallest absolute Gasteiger partial charge is 0.0858 e. The minimum atomic E-state index is -0.431. The second-order valence-electron chi connectivity index (χ2n) is 4.38. The fourth-order valence-corrected chi connectivity index (χ4v) is 2.16. The molecule has 1 aliphatic rings. The topological polar surface area (TPSA) is 64.1 Å². The lowest BCUT2D eigenvalue weighted by Crippen LogP contribution is -2.68. The number of piperidine rings is 1. The quantitative estimate of drug-likeness (QED) is 0.662. The molecule has 1 fully saturated rings. The largest absolute Gasteiger partial charge is 0.325 e. The van der Waals surface area contributed by atoms with Gasteiger partial charge in [0.1, 0.15) is 0 Å². The van der Waals surface area contributed by atoms with Gasteiger partial charge in [0.15, 0.2) is 0 Å². The van der Waals surface area contributed by atoms with Crippen LogP contribution in [0.25, 0.3) is 0 Å². The highest BCUT2D eigenvalue weighted by Gasteiger charge is 2.34. The Bertz CT molecular complexity index is 312. The molecule has 3 nitrogen and oxygen atoms in total. The summed E-state index contributed by atoms with van der Waals surface area (Å²) in [7, 11) is 0. The molecule has 2 atom stereocenters. The Hall–Kier alpha value is -0.900. The van der Waals surface area contributed by atoms with E-state index in [1.54, 1.807) is 0 Å². The third-order valence-corrected chi connectivity index (χ3v) is 3.15. The zero-order valence-electron chi connectivity index (χ0n) is 8.95. The summed E-state index contributed by atoms with van der Waals surface area (Å²) in [4.78, 5) is 0. The number of benzene rings is 1. The van der Waals surface area contributed by atoms with Gasteiger partial charge in [0.05, 0.1) is 5.66 Å². The zero-order chi connectivity index (χ0) is 10.7. The molecule has 15 heavy (non-hydrogen) atoms. The molecule has 82 valence electrons. The Morgan fingerprint density at radius 2 is 2.07 bits per heavy atom. The Balaban J connectivity index is 2.09. The number of rotatable bonds is 2. The predicted molar refractivity (Wildman–Crippen MR) is 62.3 cm³/mol. The molecule has 5 N–H and O–H groups in total. The van der Waals surface area contributed by atoms with E-state index in [0.717, 1.165) is 25.8 Å². The van der Waals surface area contributed by atoms with E-state index in [9.17, 15) is 0 Å². The maximum Gasteiger partial charge on any atom is 0.0858 e. The maximum absolute atomic E-state index is 6.30. The van der Waals surface area contributed by atoms with E-state index in [1.807, 2.05) is 18.2 Å². The first kappa shape index (κ1) is 10.6. The van der Waals surface area contributed by atoms with Gasteiger partial charge in [-0.05, 0) is 24.9 Å². The highest BCUT2D eigenvalue weighted by molar-refractivity contribution is 5.18. The van der Waals surface area contributed by atoms with Crippen molar-refractivity contribution in [3.63, 3.8) is 0 Å². The van der Waals surface area contributed by atoms with E-state index in [2.05, 4.69) is 17.4 Å². The van der Waals surface area contributed by atoms with Crippen LogP contribution in [0.3, 0.4) is 0 Å². The Morgan fingerprint density at radius 3 is 2.73 bits per heavy atom. The molecule has 1 aromatic carbocycles. The summed E-state index contributed by atoms with van der Waals surface area (Å²) < 4.78 is 0. The fraction of sp³-hybridized carbons (Fsp3) is 0.500. The number of nitrogens with one attached hydrogen (secondary N) is 1. The van der Waals surface area contributed by atoms with Crippen LogP contribution < -0.4 is 16.8 Å². The third kappa shape index (κ3) is 2.37. The normalized spacial score (nSPS) is 31.5. The van der Waals surface area contributed by atoms with Crippen molar-refractivity contribution in [2.24, 2.45) is 11.5 Å². The standard InChI is InChI=1S/C12H19N3/c13-11-7-4-8-15-12(11,14)9-10-5-2-1-3-6-10/h1-3,5-6,11,15H,4,7-9,13-14H2. The summed E-state index contributed by atoms with van der Waals surface area (Å²) in [5.41, 5.74) is 13.2. The van der Waals surface area contributed by atoms with Crippen LogP contribution in [0, 0.1) is 0 Å². The van der Waals surface area contributed by atoms with E-state index in [4.69, 9.17) is 11.5 Å². The van der Waals surface area contributed by atoms with Gasteiger partial charge in [0, 0.05) is 12.5 Å². The SMILES string of the molecule is NC1CCCNC1(N)Cc1ccccc1. The van der Waals surface area contributed by atoms with Crippen LogP contribution in [0.2, 0.25) is 0 Å². The van der Waals surface area contributed by atoms with Crippen molar-refractivity contribution < 1.29 is 0 Å². The molecule has 1 saturated heterocycles. The molecule has 0 bridgehead atoms. The lowest BCUT2D eigenvalue weighted by Gasteiger charge is -2.40. The van der Waals surface area contributed by atoms with Gasteiger partial charge in [-0.25, -0.2) is 0 Å². The molecular formula is C12H19N3. The first-order valence-electron chi connectivity index (χ1n) is 5.54. The van der Waals surface area contributed by atoms with Crippen molar-refractivity contribution in [1.82, 2.24) is 5.32 Å². The van der Waals surface area contributed by atoms with E-state index >= 15 is 0 Å². The lowest BCUT2D eigenvalue weighted by atomic mass is 9.87. The first-order chi connectivity index (χ1) is 7.21. The van der Waals surface area contributed by atoms with Gasteiger partial charge >= 0.3 is 0 Å². The molecule has 0 amide bonds. The molecule has 3 heteroatoms. The number of hydrogen-bond donors (Lipinski definition) is 3. The van der Waals surface area contributed by atoms with Crippen molar-refractivity contribution in [1.29, 1.82) is 0 Å². The summed E-state index contributed by atoms with van der Waals surface area (Å²) in [6, 6.07) is 10.3. The van der Waals surface area contributed by atoms with Crippen LogP contribution in [0.15, 0.2) is 30.3 Å². The molecule has 0 spiro atoms. The van der Waals surface area contributed by atoms with Gasteiger partial charge in [-0.3, -0.25) is 5.32 Å². The summed E-state index contributed by atoms with van der Waals surface area (Å²) >= 11 is 0. The number of nitrogens with two attached hydrogens (primary N) is 2. The van der Waals surface area contributed by atoms with Crippen molar-refractivity contribution >= 4 is 0 Å². The molecule has 0 radical (unpaired) electrons. The molecule has 0 saturated carbocycles. The summed E-state index contributed by atoms with van der Waals surface area (Å²) in [6.45, 7) is 0.969. The fourth-order valence-electron chi connectivity index (χ4n) is 2.16. The second kappa shape index (κ2) is 4.31. The van der Waals surface area contributed by atoms with Gasteiger partial charge in [0.25, 0.3) is 0 Å². The van der Waals surface area contributed by atoms with Crippen molar-refractivity contribution in [2.75, 3.05) is 6.54 Å². The lowest BCUT2D eigenvalue weighted by molar-refractivity contribution is 0.221. The molecular weight excluding hydrogens is 186 g/mol. The minimum absolute atomic E-state index is 0.0476. The Labute approximate surface area is 90.8 Å². The van der Waals surface area contributed by atoms with Gasteiger partial charge in [-0.1, -0.05) is 30.3 Å². The third-order valence-electron chi connectivity index (χ3n) is 3.15. The van der Waals surface area contributed by atoms with Crippen LogP contribution in [-0.2, 0) is 6.42 Å². The van der Waals surface area contributed by atoms with Crippen molar-refractivity contribution in [2.45, 2.75) is 31.0 Å². The van der Waals surface area contributed by atoms with Crippen LogP contribution in [0.1, 0.15) is 18.4 Å². The minimum Gasteiger partial charge on any atom is -0.325 e. The average Bonchev–Trinajstić information content (AvgIpc) is 2.24. The molecule has 2 rings (SSSR count). The maximum atomic E-state index is 6.30. The molecule has 2 unspecified atom stereocenters. The van der Waals surface area contributed by atoms with Crippen LogP contribution in [0.5, 0.6) is 0 Å². The second-order valence-corrected chi connectivity index (χ2v) is 4.38. The van der Waals surface area contributed by atoms with Crippen LogP contribution in [-0.4, -0.2) is 18.2 Å². The van der Waals surface area contributed by atoms with Crippen LogP contribution in [0.4, 0.5) is 0 Å². The summed E-state index contributed by atoms with van der Waals surface area (Å²) in [5, 5.41) is 3.35. The summed E-state index contributed by atoms with van der Waals surface area (Å²) in [5.74, 6) is 0. The van der Waals surface area contributed by atoms with Crippen molar-refractivity contribution in [3.05, 3.63) is 35.9 Å². The number of hydrogen-bond acceptors (Lipinski definition) is 3. The zero-order valence-corrected chi connectivity index (χ0v) is 8.95.